The molecule has 2 unspecified atom stereocenters. The molecule has 3 fully saturated rings. The molecule has 0 saturated heterocycles. The molecule has 0 aliphatic heterocycles. The van der Waals surface area contributed by atoms with Crippen molar-refractivity contribution in [3.05, 3.63) is 0 Å². The van der Waals surface area contributed by atoms with E-state index in [1.54, 1.807) is 0 Å². The maximum atomic E-state index is 2.41. The quantitative estimate of drug-likeness (QED) is 0.562. The third kappa shape index (κ3) is 1.44. The summed E-state index contributed by atoms with van der Waals surface area (Å²) in [7, 11) is 4.43. The normalized spacial score (nSPS) is 39.5. The number of hydrogen-bond acceptors (Lipinski definition) is 1. The van der Waals surface area contributed by atoms with E-state index in [4.69, 9.17) is 0 Å². The average Bonchev–Trinajstić information content (AvgIpc) is 2.48. The molecule has 3 aliphatic carbocycles. The van der Waals surface area contributed by atoms with Gasteiger partial charge in [-0.15, -0.1) is 0 Å². The molecule has 2 bridgehead atoms. The van der Waals surface area contributed by atoms with Crippen molar-refractivity contribution in [3.8, 4) is 0 Å². The van der Waals surface area contributed by atoms with Gasteiger partial charge in [-0.25, -0.2) is 0 Å². The highest BCUT2D eigenvalue weighted by Crippen LogP contribution is 2.50. The molecule has 0 aromatic heterocycles. The Morgan fingerprint density at radius 3 is 1.64 bits per heavy atom. The van der Waals surface area contributed by atoms with Crippen molar-refractivity contribution in [2.45, 2.75) is 39.2 Å². The second-order valence-electron chi connectivity index (χ2n) is 3.79. The van der Waals surface area contributed by atoms with Crippen molar-refractivity contribution in [1.29, 1.82) is 0 Å². The van der Waals surface area contributed by atoms with Gasteiger partial charge in [0.2, 0.25) is 0 Å². The van der Waals surface area contributed by atoms with Gasteiger partial charge in [0, 0.05) is 6.04 Å². The number of nitrogens with zero attached hydrogens (tertiary/aromatic N) is 1. The van der Waals surface area contributed by atoms with Crippen molar-refractivity contribution in [2.75, 3.05) is 14.1 Å². The smallest absolute Gasteiger partial charge is 0.0146 e. The largest absolute Gasteiger partial charge is 0.306 e. The lowest BCUT2D eigenvalue weighted by Crippen LogP contribution is -2.45. The molecule has 0 heterocycles. The maximum Gasteiger partial charge on any atom is 0.0146 e. The first kappa shape index (κ1) is 9.05. The first-order valence-electron chi connectivity index (χ1n) is 4.95. The van der Waals surface area contributed by atoms with Crippen LogP contribution in [0.5, 0.6) is 0 Å². The van der Waals surface area contributed by atoms with Crippen molar-refractivity contribution in [2.24, 2.45) is 11.8 Å². The summed E-state index contributed by atoms with van der Waals surface area (Å²) in [6, 6.07) is 0.963. The van der Waals surface area contributed by atoms with E-state index in [0.29, 0.717) is 0 Å². The summed E-state index contributed by atoms with van der Waals surface area (Å²) < 4.78 is 0. The molecule has 0 spiro atoms. The second-order valence-corrected chi connectivity index (χ2v) is 3.79. The summed E-state index contributed by atoms with van der Waals surface area (Å²) >= 11 is 0. The SMILES string of the molecule is CC.CN(C)C1C2CCC1C2. The molecule has 1 heteroatoms. The molecule has 3 saturated carbocycles. The summed E-state index contributed by atoms with van der Waals surface area (Å²) in [5.41, 5.74) is 0. The fraction of sp³-hybridized carbons (Fsp3) is 1.00. The minimum atomic E-state index is 0.963. The Morgan fingerprint density at radius 1 is 1.00 bits per heavy atom. The summed E-state index contributed by atoms with van der Waals surface area (Å²) in [5, 5.41) is 0. The van der Waals surface area contributed by atoms with Crippen LogP contribution in [-0.4, -0.2) is 25.0 Å². The number of fused-ring (bicyclic) bond motifs is 1. The highest BCUT2D eigenvalue weighted by molar-refractivity contribution is 5.00. The summed E-state index contributed by atoms with van der Waals surface area (Å²) in [5.74, 6) is 2.15. The molecule has 3 aliphatic rings. The third-order valence-corrected chi connectivity index (χ3v) is 3.08. The van der Waals surface area contributed by atoms with Crippen molar-refractivity contribution in [1.82, 2.24) is 4.90 Å². The van der Waals surface area contributed by atoms with Crippen LogP contribution in [0, 0.1) is 11.8 Å². The van der Waals surface area contributed by atoms with E-state index in [1.807, 2.05) is 13.8 Å². The molecule has 0 aromatic rings. The van der Waals surface area contributed by atoms with Crippen LogP contribution in [-0.2, 0) is 0 Å². The van der Waals surface area contributed by atoms with Crippen LogP contribution in [0.2, 0.25) is 0 Å². The van der Waals surface area contributed by atoms with E-state index >= 15 is 0 Å². The van der Waals surface area contributed by atoms with E-state index < -0.39 is 0 Å². The summed E-state index contributed by atoms with van der Waals surface area (Å²) in [6.07, 6.45) is 4.55. The van der Waals surface area contributed by atoms with Gasteiger partial charge in [-0.2, -0.15) is 0 Å². The number of hydrogen-bond donors (Lipinski definition) is 0. The maximum absolute atomic E-state index is 2.41. The van der Waals surface area contributed by atoms with Gasteiger partial charge < -0.3 is 4.90 Å². The van der Waals surface area contributed by atoms with Crippen LogP contribution in [0.3, 0.4) is 0 Å². The Kier molecular flexibility index (Phi) is 2.94. The van der Waals surface area contributed by atoms with E-state index in [-0.39, 0.29) is 0 Å². The van der Waals surface area contributed by atoms with Gasteiger partial charge in [0.1, 0.15) is 0 Å². The first-order chi connectivity index (χ1) is 5.29. The highest BCUT2D eigenvalue weighted by atomic mass is 15.1. The molecule has 0 radical (unpaired) electrons. The van der Waals surface area contributed by atoms with E-state index in [9.17, 15) is 0 Å². The molecule has 2 atom stereocenters. The average molecular weight is 155 g/mol. The predicted octanol–water partition coefficient (Wildman–Crippen LogP) is 2.37. The Labute approximate surface area is 70.8 Å². The minimum Gasteiger partial charge on any atom is -0.306 e. The van der Waals surface area contributed by atoms with Crippen LogP contribution < -0.4 is 0 Å². The monoisotopic (exact) mass is 155 g/mol. The molecule has 3 rings (SSSR count). The van der Waals surface area contributed by atoms with Crippen LogP contribution in [0.25, 0.3) is 0 Å². The fourth-order valence-electron chi connectivity index (χ4n) is 2.71. The predicted molar refractivity (Wildman–Crippen MR) is 49.7 cm³/mol. The van der Waals surface area contributed by atoms with Crippen molar-refractivity contribution >= 4 is 0 Å². The van der Waals surface area contributed by atoms with Crippen LogP contribution in [0.1, 0.15) is 33.1 Å². The van der Waals surface area contributed by atoms with Crippen LogP contribution in [0.4, 0.5) is 0 Å². The van der Waals surface area contributed by atoms with E-state index in [1.165, 1.54) is 19.3 Å². The topological polar surface area (TPSA) is 3.24 Å². The molecule has 66 valence electrons. The molecular formula is C10H21N. The van der Waals surface area contributed by atoms with Crippen LogP contribution >= 0.6 is 0 Å². The third-order valence-electron chi connectivity index (χ3n) is 3.08. The second kappa shape index (κ2) is 3.57. The zero-order valence-electron chi connectivity index (χ0n) is 8.30. The van der Waals surface area contributed by atoms with Gasteiger partial charge in [-0.05, 0) is 45.2 Å². The van der Waals surface area contributed by atoms with Crippen molar-refractivity contribution in [3.63, 3.8) is 0 Å². The zero-order valence-corrected chi connectivity index (χ0v) is 8.30. The molecule has 0 amide bonds. The zero-order chi connectivity index (χ0) is 8.43. The minimum absolute atomic E-state index is 0.963. The highest BCUT2D eigenvalue weighted by Gasteiger charge is 2.47. The summed E-state index contributed by atoms with van der Waals surface area (Å²) in [6.45, 7) is 4.00. The Hall–Kier alpha value is -0.0400. The Balaban J connectivity index is 0.000000281. The van der Waals surface area contributed by atoms with Gasteiger partial charge in [-0.1, -0.05) is 13.8 Å². The standard InChI is InChI=1S/C8H15N.C2H6/c1-9(2)8-6-3-4-7(8)5-6;1-2/h6-8H,3-5H2,1-2H3;1-2H3. The molecule has 11 heavy (non-hydrogen) atoms. The molecule has 0 aromatic carbocycles. The van der Waals surface area contributed by atoms with Gasteiger partial charge >= 0.3 is 0 Å². The van der Waals surface area contributed by atoms with E-state index in [0.717, 1.165) is 17.9 Å². The van der Waals surface area contributed by atoms with Crippen LogP contribution in [0.15, 0.2) is 0 Å². The van der Waals surface area contributed by atoms with E-state index in [2.05, 4.69) is 19.0 Å². The lowest BCUT2D eigenvalue weighted by molar-refractivity contribution is 0.0916. The van der Waals surface area contributed by atoms with Gasteiger partial charge in [-0.3, -0.25) is 0 Å². The van der Waals surface area contributed by atoms with Gasteiger partial charge in [0.05, 0.1) is 0 Å². The van der Waals surface area contributed by atoms with Gasteiger partial charge in [0.25, 0.3) is 0 Å². The molecule has 0 N–H and O–H groups in total. The lowest BCUT2D eigenvalue weighted by Gasteiger charge is -2.40. The van der Waals surface area contributed by atoms with Gasteiger partial charge in [0.15, 0.2) is 0 Å². The molecule has 1 nitrogen and oxygen atoms in total. The Bertz CT molecular complexity index is 106. The Morgan fingerprint density at radius 2 is 1.45 bits per heavy atom. The van der Waals surface area contributed by atoms with Crippen molar-refractivity contribution < 1.29 is 0 Å². The number of rotatable bonds is 1. The fourth-order valence-corrected chi connectivity index (χ4v) is 2.71. The summed E-state index contributed by atoms with van der Waals surface area (Å²) in [4.78, 5) is 2.41. The first-order valence-corrected chi connectivity index (χ1v) is 4.95. The molecular weight excluding hydrogens is 134 g/mol. The lowest BCUT2D eigenvalue weighted by atomic mass is 9.78.